The van der Waals surface area contributed by atoms with Gasteiger partial charge < -0.3 is 5.32 Å². The van der Waals surface area contributed by atoms with Crippen LogP contribution in [0.1, 0.15) is 71.1 Å². The van der Waals surface area contributed by atoms with Gasteiger partial charge in [-0.15, -0.1) is 23.2 Å². The van der Waals surface area contributed by atoms with Crippen molar-refractivity contribution in [1.29, 1.82) is 0 Å². The molecule has 0 spiro atoms. The van der Waals surface area contributed by atoms with E-state index in [2.05, 4.69) is 15.2 Å². The summed E-state index contributed by atoms with van der Waals surface area (Å²) in [5, 5.41) is 4.17. The first-order valence-corrected chi connectivity index (χ1v) is 13.5. The van der Waals surface area contributed by atoms with E-state index in [0.29, 0.717) is 6.42 Å². The van der Waals surface area contributed by atoms with Crippen molar-refractivity contribution >= 4 is 39.1 Å². The average molecular weight is 482 g/mol. The second kappa shape index (κ2) is 10.5. The van der Waals surface area contributed by atoms with Gasteiger partial charge in [0.2, 0.25) is 15.9 Å². The number of carbonyl (C=O) groups excluding carboxylic acids is 1. The van der Waals surface area contributed by atoms with Crippen molar-refractivity contribution in [3.8, 4) is 0 Å². The third-order valence-electron chi connectivity index (χ3n) is 7.09. The standard InChI is InChI=1S/C20H33Cl2N3O4S/c1-12-7-8-14(24-27)9-18(12)23-20(26)15-10-19(17(22)11-16(15)21)30(28,29)25-13-5-3-2-4-6-13/h12-19,25H,2-11H2,1H3,(H,23,26). The van der Waals surface area contributed by atoms with Gasteiger partial charge in [-0.25, -0.2) is 13.1 Å². The normalized spacial score (nSPS) is 38.7. The molecule has 3 aliphatic carbocycles. The number of nitrogens with one attached hydrogen (secondary N) is 2. The van der Waals surface area contributed by atoms with Crippen LogP contribution in [0.3, 0.4) is 0 Å². The SMILES string of the molecule is CC1CCC(N=O)CC1NC(=O)C1CC(S(=O)(=O)NC2CCCCC2)C(Cl)CC1Cl. The van der Waals surface area contributed by atoms with E-state index >= 15 is 0 Å². The molecule has 0 heterocycles. The van der Waals surface area contributed by atoms with Crippen LogP contribution in [0.4, 0.5) is 0 Å². The molecule has 0 radical (unpaired) electrons. The summed E-state index contributed by atoms with van der Waals surface area (Å²) >= 11 is 12.9. The van der Waals surface area contributed by atoms with Crippen LogP contribution < -0.4 is 10.0 Å². The number of alkyl halides is 2. The molecule has 0 bridgehead atoms. The van der Waals surface area contributed by atoms with Crippen LogP contribution in [0, 0.1) is 16.7 Å². The maximum absolute atomic E-state index is 13.0. The lowest BCUT2D eigenvalue weighted by molar-refractivity contribution is -0.127. The van der Waals surface area contributed by atoms with Crippen molar-refractivity contribution in [3.05, 3.63) is 4.91 Å². The van der Waals surface area contributed by atoms with Crippen LogP contribution in [-0.2, 0) is 14.8 Å². The number of amides is 1. The number of nitroso groups, excluding NO2 is 1. The molecule has 2 N–H and O–H groups in total. The molecule has 3 aliphatic rings. The zero-order valence-electron chi connectivity index (χ0n) is 17.4. The molecular formula is C20H33Cl2N3O4S. The fourth-order valence-electron chi connectivity index (χ4n) is 5.10. The van der Waals surface area contributed by atoms with Crippen LogP contribution in [0.15, 0.2) is 5.18 Å². The quantitative estimate of drug-likeness (QED) is 0.445. The minimum Gasteiger partial charge on any atom is -0.353 e. The van der Waals surface area contributed by atoms with E-state index in [9.17, 15) is 18.1 Å². The summed E-state index contributed by atoms with van der Waals surface area (Å²) < 4.78 is 28.9. The van der Waals surface area contributed by atoms with E-state index in [1.54, 1.807) is 0 Å². The predicted molar refractivity (Wildman–Crippen MR) is 119 cm³/mol. The minimum atomic E-state index is -3.66. The van der Waals surface area contributed by atoms with Gasteiger partial charge in [0, 0.05) is 17.5 Å². The number of sulfonamides is 1. The van der Waals surface area contributed by atoms with E-state index in [-0.39, 0.29) is 42.8 Å². The zero-order valence-corrected chi connectivity index (χ0v) is 19.8. The molecule has 0 aliphatic heterocycles. The molecule has 1 amide bonds. The summed E-state index contributed by atoms with van der Waals surface area (Å²) in [6, 6.07) is -0.490. The summed E-state index contributed by atoms with van der Waals surface area (Å²) in [5.74, 6) is -0.649. The monoisotopic (exact) mass is 481 g/mol. The molecule has 0 aromatic rings. The maximum Gasteiger partial charge on any atom is 0.224 e. The Balaban J connectivity index is 1.66. The van der Waals surface area contributed by atoms with Gasteiger partial charge in [0.05, 0.1) is 22.6 Å². The molecule has 172 valence electrons. The predicted octanol–water partition coefficient (Wildman–Crippen LogP) is 3.67. The highest BCUT2D eigenvalue weighted by Crippen LogP contribution is 2.37. The zero-order chi connectivity index (χ0) is 21.9. The molecule has 10 heteroatoms. The molecule has 3 fully saturated rings. The molecule has 0 aromatic heterocycles. The van der Waals surface area contributed by atoms with E-state index < -0.39 is 31.9 Å². The molecule has 7 atom stereocenters. The lowest BCUT2D eigenvalue weighted by atomic mass is 9.82. The fourth-order valence-corrected chi connectivity index (χ4v) is 8.13. The Labute approximate surface area is 189 Å². The second-order valence-electron chi connectivity index (χ2n) is 9.31. The Hall–Kier alpha value is -0.440. The van der Waals surface area contributed by atoms with Crippen molar-refractivity contribution in [1.82, 2.24) is 10.0 Å². The van der Waals surface area contributed by atoms with Crippen LogP contribution in [0.5, 0.6) is 0 Å². The Morgan fingerprint density at radius 2 is 1.67 bits per heavy atom. The highest BCUT2D eigenvalue weighted by molar-refractivity contribution is 7.90. The van der Waals surface area contributed by atoms with Gasteiger partial charge in [0.15, 0.2) is 0 Å². The van der Waals surface area contributed by atoms with Crippen LogP contribution >= 0.6 is 23.2 Å². The largest absolute Gasteiger partial charge is 0.353 e. The smallest absolute Gasteiger partial charge is 0.224 e. The summed E-state index contributed by atoms with van der Waals surface area (Å²) in [6.07, 6.45) is 7.29. The number of halogens is 2. The van der Waals surface area contributed by atoms with Gasteiger partial charge in [-0.1, -0.05) is 31.4 Å². The first kappa shape index (κ1) is 24.2. The van der Waals surface area contributed by atoms with Crippen LogP contribution in [0.2, 0.25) is 0 Å². The summed E-state index contributed by atoms with van der Waals surface area (Å²) in [4.78, 5) is 24.0. The number of rotatable bonds is 6. The van der Waals surface area contributed by atoms with Gasteiger partial charge in [0.25, 0.3) is 0 Å². The van der Waals surface area contributed by atoms with Gasteiger partial charge in [-0.05, 0) is 50.9 Å². The minimum absolute atomic E-state index is 0.0514. The molecule has 0 aromatic carbocycles. The summed E-state index contributed by atoms with van der Waals surface area (Å²) in [7, 11) is -3.66. The molecule has 3 saturated carbocycles. The molecule has 3 rings (SSSR count). The van der Waals surface area contributed by atoms with Gasteiger partial charge in [-0.3, -0.25) is 4.79 Å². The topological polar surface area (TPSA) is 105 Å². The van der Waals surface area contributed by atoms with Crippen molar-refractivity contribution in [2.24, 2.45) is 17.0 Å². The number of hydrogen-bond acceptors (Lipinski definition) is 5. The fraction of sp³-hybridized carbons (Fsp3) is 0.950. The Kier molecular flexibility index (Phi) is 8.43. The third kappa shape index (κ3) is 5.87. The Bertz CT molecular complexity index is 717. The van der Waals surface area contributed by atoms with Crippen LogP contribution in [-0.4, -0.2) is 48.5 Å². The summed E-state index contributed by atoms with van der Waals surface area (Å²) in [6.45, 7) is 2.04. The maximum atomic E-state index is 13.0. The number of carbonyl (C=O) groups is 1. The van der Waals surface area contributed by atoms with E-state index in [0.717, 1.165) is 44.9 Å². The third-order valence-corrected chi connectivity index (χ3v) is 10.2. The first-order valence-electron chi connectivity index (χ1n) is 11.1. The van der Waals surface area contributed by atoms with Crippen LogP contribution in [0.25, 0.3) is 0 Å². The Morgan fingerprint density at radius 1 is 0.967 bits per heavy atom. The van der Waals surface area contributed by atoms with Gasteiger partial charge in [-0.2, -0.15) is 4.91 Å². The average Bonchev–Trinajstić information content (AvgIpc) is 2.69. The van der Waals surface area contributed by atoms with Crippen molar-refractivity contribution in [3.63, 3.8) is 0 Å². The first-order chi connectivity index (χ1) is 14.2. The van der Waals surface area contributed by atoms with E-state index in [4.69, 9.17) is 23.2 Å². The molecule has 30 heavy (non-hydrogen) atoms. The van der Waals surface area contributed by atoms with Gasteiger partial charge in [0.1, 0.15) is 0 Å². The van der Waals surface area contributed by atoms with Crippen molar-refractivity contribution in [2.75, 3.05) is 0 Å². The highest BCUT2D eigenvalue weighted by Gasteiger charge is 2.46. The van der Waals surface area contributed by atoms with Crippen molar-refractivity contribution < 1.29 is 13.2 Å². The second-order valence-corrected chi connectivity index (χ2v) is 12.4. The summed E-state index contributed by atoms with van der Waals surface area (Å²) in [5.41, 5.74) is 0. The number of nitrogens with zero attached hydrogens (tertiary/aromatic N) is 1. The molecule has 0 saturated heterocycles. The molecule has 7 unspecified atom stereocenters. The Morgan fingerprint density at radius 3 is 2.33 bits per heavy atom. The number of hydrogen-bond donors (Lipinski definition) is 2. The van der Waals surface area contributed by atoms with Crippen molar-refractivity contribution in [2.45, 2.75) is 105 Å². The lowest BCUT2D eigenvalue weighted by Crippen LogP contribution is -2.54. The molecular weight excluding hydrogens is 449 g/mol. The van der Waals surface area contributed by atoms with Gasteiger partial charge >= 0.3 is 0 Å². The lowest BCUT2D eigenvalue weighted by Gasteiger charge is -2.38. The van der Waals surface area contributed by atoms with E-state index in [1.807, 2.05) is 6.92 Å². The van der Waals surface area contributed by atoms with E-state index in [1.165, 1.54) is 0 Å². The highest BCUT2D eigenvalue weighted by atomic mass is 35.5. The molecule has 7 nitrogen and oxygen atoms in total.